The molecule has 1 fully saturated rings. The highest BCUT2D eigenvalue weighted by Crippen LogP contribution is 2.06. The Morgan fingerprint density at radius 1 is 1.00 bits per heavy atom. The smallest absolute Gasteiger partial charge is 0.0987 e. The van der Waals surface area contributed by atoms with Crippen LogP contribution in [0.3, 0.4) is 0 Å². The van der Waals surface area contributed by atoms with Crippen molar-refractivity contribution in [1.29, 1.82) is 0 Å². The van der Waals surface area contributed by atoms with E-state index in [0.717, 1.165) is 13.3 Å². The summed E-state index contributed by atoms with van der Waals surface area (Å²) in [5.41, 5.74) is 0. The molecule has 0 amide bonds. The van der Waals surface area contributed by atoms with E-state index in [1.807, 2.05) is 0 Å². The van der Waals surface area contributed by atoms with E-state index in [0.29, 0.717) is 0 Å². The fourth-order valence-corrected chi connectivity index (χ4v) is 1.40. The second-order valence-electron chi connectivity index (χ2n) is 3.38. The molecule has 0 unspecified atom stereocenters. The Kier molecular flexibility index (Phi) is 4.55. The summed E-state index contributed by atoms with van der Waals surface area (Å²) in [6.07, 6.45) is 6.71. The highest BCUT2D eigenvalue weighted by molar-refractivity contribution is 4.51. The molecule has 0 N–H and O–H groups in total. The fraction of sp³-hybridized carbons (Fsp3) is 1.00. The van der Waals surface area contributed by atoms with Crippen molar-refractivity contribution in [2.75, 3.05) is 26.9 Å². The van der Waals surface area contributed by atoms with Crippen molar-refractivity contribution >= 4 is 0 Å². The third-order valence-corrected chi connectivity index (χ3v) is 2.14. The summed E-state index contributed by atoms with van der Waals surface area (Å²) in [4.78, 5) is 2.26. The van der Waals surface area contributed by atoms with Gasteiger partial charge >= 0.3 is 0 Å². The van der Waals surface area contributed by atoms with Gasteiger partial charge in [-0.1, -0.05) is 19.3 Å². The number of nitrogens with zero attached hydrogens (tertiary/aromatic N) is 1. The van der Waals surface area contributed by atoms with E-state index in [2.05, 4.69) is 11.9 Å². The van der Waals surface area contributed by atoms with Crippen LogP contribution < -0.4 is 0 Å². The highest BCUT2D eigenvalue weighted by Gasteiger charge is 2.00. The first kappa shape index (κ1) is 9.01. The maximum atomic E-state index is 5.45. The van der Waals surface area contributed by atoms with E-state index in [1.54, 1.807) is 0 Å². The van der Waals surface area contributed by atoms with E-state index in [1.165, 1.54) is 38.6 Å². The van der Waals surface area contributed by atoms with Gasteiger partial charge in [0.15, 0.2) is 0 Å². The molecular weight excluding hydrogens is 138 g/mol. The summed E-state index contributed by atoms with van der Waals surface area (Å²) >= 11 is 0. The molecule has 2 heteroatoms. The van der Waals surface area contributed by atoms with Crippen molar-refractivity contribution in [2.45, 2.75) is 32.1 Å². The lowest BCUT2D eigenvalue weighted by molar-refractivity contribution is 0.0370. The summed E-state index contributed by atoms with van der Waals surface area (Å²) in [5.74, 6) is 0. The van der Waals surface area contributed by atoms with Crippen LogP contribution >= 0.6 is 0 Å². The quantitative estimate of drug-likeness (QED) is 0.532. The Hall–Kier alpha value is -0.0800. The molecule has 0 saturated carbocycles. The molecule has 1 saturated heterocycles. The summed E-state index contributed by atoms with van der Waals surface area (Å²) < 4.78 is 5.45. The number of ether oxygens (including phenoxy) is 1. The normalized spacial score (nSPS) is 24.8. The zero-order valence-corrected chi connectivity index (χ0v) is 7.51. The van der Waals surface area contributed by atoms with Crippen LogP contribution in [-0.2, 0) is 4.74 Å². The van der Waals surface area contributed by atoms with Gasteiger partial charge in [0, 0.05) is 6.61 Å². The van der Waals surface area contributed by atoms with Gasteiger partial charge in [-0.25, -0.2) is 0 Å². The Morgan fingerprint density at radius 3 is 2.64 bits per heavy atom. The first-order chi connectivity index (χ1) is 5.39. The lowest BCUT2D eigenvalue weighted by Gasteiger charge is -2.18. The van der Waals surface area contributed by atoms with Gasteiger partial charge in [-0.3, -0.25) is 4.90 Å². The van der Waals surface area contributed by atoms with Crippen molar-refractivity contribution in [3.8, 4) is 0 Å². The maximum Gasteiger partial charge on any atom is 0.0987 e. The van der Waals surface area contributed by atoms with Crippen LogP contribution in [0.25, 0.3) is 0 Å². The molecule has 0 aromatic rings. The fourth-order valence-electron chi connectivity index (χ4n) is 1.40. The lowest BCUT2D eigenvalue weighted by atomic mass is 10.1. The predicted molar refractivity (Wildman–Crippen MR) is 46.5 cm³/mol. The van der Waals surface area contributed by atoms with Gasteiger partial charge < -0.3 is 4.74 Å². The molecule has 1 aliphatic rings. The predicted octanol–water partition coefficient (Wildman–Crippen LogP) is 1.86. The standard InChI is InChI=1S/C9H19NO/c1-10-7-5-3-2-4-6-8-11-9-10/h2-9H2,1H3. The first-order valence-electron chi connectivity index (χ1n) is 4.66. The monoisotopic (exact) mass is 157 g/mol. The Bertz CT molecular complexity index is 85.6. The van der Waals surface area contributed by atoms with Gasteiger partial charge in [0.1, 0.15) is 0 Å². The van der Waals surface area contributed by atoms with Crippen LogP contribution in [-0.4, -0.2) is 31.8 Å². The summed E-state index contributed by atoms with van der Waals surface area (Å²) in [6.45, 7) is 2.96. The van der Waals surface area contributed by atoms with E-state index >= 15 is 0 Å². The Balaban J connectivity index is 2.12. The molecule has 11 heavy (non-hydrogen) atoms. The molecule has 0 bridgehead atoms. The zero-order chi connectivity index (χ0) is 7.94. The van der Waals surface area contributed by atoms with Crippen molar-refractivity contribution in [1.82, 2.24) is 4.90 Å². The molecule has 0 aliphatic carbocycles. The minimum absolute atomic E-state index is 0.819. The molecule has 1 aliphatic heterocycles. The summed E-state index contributed by atoms with van der Waals surface area (Å²) in [5, 5.41) is 0. The van der Waals surface area contributed by atoms with Crippen LogP contribution in [0.2, 0.25) is 0 Å². The number of hydrogen-bond acceptors (Lipinski definition) is 2. The zero-order valence-electron chi connectivity index (χ0n) is 7.51. The highest BCUT2D eigenvalue weighted by atomic mass is 16.5. The van der Waals surface area contributed by atoms with E-state index in [-0.39, 0.29) is 0 Å². The van der Waals surface area contributed by atoms with Gasteiger partial charge in [-0.2, -0.15) is 0 Å². The van der Waals surface area contributed by atoms with Gasteiger partial charge in [-0.15, -0.1) is 0 Å². The third kappa shape index (κ3) is 4.38. The van der Waals surface area contributed by atoms with Crippen LogP contribution in [0.1, 0.15) is 32.1 Å². The lowest BCUT2D eigenvalue weighted by Crippen LogP contribution is -2.23. The molecule has 2 nitrogen and oxygen atoms in total. The summed E-state index contributed by atoms with van der Waals surface area (Å²) in [6, 6.07) is 0. The molecule has 66 valence electrons. The third-order valence-electron chi connectivity index (χ3n) is 2.14. The van der Waals surface area contributed by atoms with E-state index in [9.17, 15) is 0 Å². The van der Waals surface area contributed by atoms with Crippen molar-refractivity contribution in [2.24, 2.45) is 0 Å². The molecule has 0 spiro atoms. The van der Waals surface area contributed by atoms with Crippen LogP contribution in [0.4, 0.5) is 0 Å². The molecule has 1 heterocycles. The topological polar surface area (TPSA) is 12.5 Å². The minimum Gasteiger partial charge on any atom is -0.366 e. The molecule has 0 atom stereocenters. The van der Waals surface area contributed by atoms with Crippen LogP contribution in [0.5, 0.6) is 0 Å². The van der Waals surface area contributed by atoms with Crippen LogP contribution in [0, 0.1) is 0 Å². The van der Waals surface area contributed by atoms with Crippen molar-refractivity contribution in [3.63, 3.8) is 0 Å². The van der Waals surface area contributed by atoms with Crippen molar-refractivity contribution < 1.29 is 4.74 Å². The van der Waals surface area contributed by atoms with Gasteiger partial charge in [0.05, 0.1) is 6.73 Å². The van der Waals surface area contributed by atoms with Crippen LogP contribution in [0.15, 0.2) is 0 Å². The molecule has 0 aromatic carbocycles. The minimum atomic E-state index is 0.819. The molecule has 0 radical (unpaired) electrons. The van der Waals surface area contributed by atoms with E-state index < -0.39 is 0 Å². The number of hydrogen-bond donors (Lipinski definition) is 0. The van der Waals surface area contributed by atoms with Crippen molar-refractivity contribution in [3.05, 3.63) is 0 Å². The maximum absolute atomic E-state index is 5.45. The summed E-state index contributed by atoms with van der Waals surface area (Å²) in [7, 11) is 2.13. The molecular formula is C9H19NO. The second kappa shape index (κ2) is 5.56. The Labute approximate surface area is 69.5 Å². The van der Waals surface area contributed by atoms with Gasteiger partial charge in [0.25, 0.3) is 0 Å². The molecule has 0 aromatic heterocycles. The molecule has 1 rings (SSSR count). The van der Waals surface area contributed by atoms with Gasteiger partial charge in [-0.05, 0) is 26.4 Å². The average Bonchev–Trinajstić information content (AvgIpc) is 2.03. The number of rotatable bonds is 0. The van der Waals surface area contributed by atoms with Gasteiger partial charge in [0.2, 0.25) is 0 Å². The largest absolute Gasteiger partial charge is 0.366 e. The Morgan fingerprint density at radius 2 is 1.73 bits per heavy atom. The average molecular weight is 157 g/mol. The first-order valence-corrected chi connectivity index (χ1v) is 4.66. The second-order valence-corrected chi connectivity index (χ2v) is 3.38. The SMILES string of the molecule is CN1CCCCCCCOC1. The van der Waals surface area contributed by atoms with E-state index in [4.69, 9.17) is 4.74 Å².